The lowest BCUT2D eigenvalue weighted by atomic mass is 9.92. The number of nitrogens with zero attached hydrogens (tertiary/aromatic N) is 2. The van der Waals surface area contributed by atoms with Crippen LogP contribution in [0.3, 0.4) is 0 Å². The number of hydrazine groups is 1. The number of hydrogen-bond donors (Lipinski definition) is 2. The topological polar surface area (TPSA) is 109 Å². The molecule has 33 heavy (non-hydrogen) atoms. The van der Waals surface area contributed by atoms with Crippen molar-refractivity contribution in [1.29, 1.82) is 0 Å². The predicted octanol–water partition coefficient (Wildman–Crippen LogP) is 1.74. The molecule has 2 heterocycles. The Balaban J connectivity index is 1.39. The third-order valence-corrected chi connectivity index (χ3v) is 5.75. The van der Waals surface area contributed by atoms with E-state index >= 15 is 0 Å². The molecule has 10 nitrogen and oxygen atoms in total. The SMILES string of the molecule is CCN(CC(=O)NN1C(=O)NC(C)(c2ccc(OC)cc2)C1=O)Cc1ccc2c(c1)OCO2. The summed E-state index contributed by atoms with van der Waals surface area (Å²) < 4.78 is 15.9. The molecule has 0 aromatic heterocycles. The first-order chi connectivity index (χ1) is 15.8. The minimum atomic E-state index is -1.30. The van der Waals surface area contributed by atoms with Crippen molar-refractivity contribution in [2.24, 2.45) is 0 Å². The Hall–Kier alpha value is -3.79. The summed E-state index contributed by atoms with van der Waals surface area (Å²) in [5.74, 6) is 0.958. The maximum Gasteiger partial charge on any atom is 0.344 e. The Bertz CT molecular complexity index is 1070. The zero-order valence-corrected chi connectivity index (χ0v) is 18.7. The van der Waals surface area contributed by atoms with Crippen molar-refractivity contribution in [3.63, 3.8) is 0 Å². The number of likely N-dealkylation sites (N-methyl/N-ethyl adjacent to an activating group) is 1. The molecule has 2 aliphatic rings. The summed E-state index contributed by atoms with van der Waals surface area (Å²) in [5, 5.41) is 3.40. The van der Waals surface area contributed by atoms with E-state index in [2.05, 4.69) is 10.7 Å². The van der Waals surface area contributed by atoms with Crippen LogP contribution in [-0.4, -0.2) is 54.7 Å². The molecule has 0 spiro atoms. The number of carbonyl (C=O) groups is 3. The second-order valence-corrected chi connectivity index (χ2v) is 7.95. The molecule has 4 amide bonds. The second kappa shape index (κ2) is 8.99. The molecule has 4 rings (SSSR count). The van der Waals surface area contributed by atoms with Crippen molar-refractivity contribution in [3.05, 3.63) is 53.6 Å². The van der Waals surface area contributed by atoms with Gasteiger partial charge in [-0.2, -0.15) is 5.01 Å². The van der Waals surface area contributed by atoms with Crippen LogP contribution in [0.15, 0.2) is 42.5 Å². The van der Waals surface area contributed by atoms with Crippen molar-refractivity contribution in [2.45, 2.75) is 25.9 Å². The van der Waals surface area contributed by atoms with E-state index in [4.69, 9.17) is 14.2 Å². The number of rotatable bonds is 8. The number of urea groups is 1. The molecule has 2 N–H and O–H groups in total. The van der Waals surface area contributed by atoms with Gasteiger partial charge in [0.1, 0.15) is 11.3 Å². The molecule has 0 radical (unpaired) electrons. The van der Waals surface area contributed by atoms with Crippen molar-refractivity contribution in [1.82, 2.24) is 20.7 Å². The minimum Gasteiger partial charge on any atom is -0.497 e. The zero-order valence-electron chi connectivity index (χ0n) is 18.7. The first-order valence-electron chi connectivity index (χ1n) is 10.6. The van der Waals surface area contributed by atoms with Gasteiger partial charge in [-0.25, -0.2) is 4.79 Å². The first kappa shape index (κ1) is 22.4. The Morgan fingerprint density at radius 1 is 1.18 bits per heavy atom. The maximum atomic E-state index is 13.0. The highest BCUT2D eigenvalue weighted by Crippen LogP contribution is 2.33. The van der Waals surface area contributed by atoms with E-state index < -0.39 is 23.4 Å². The lowest BCUT2D eigenvalue weighted by Crippen LogP contribution is -2.50. The lowest BCUT2D eigenvalue weighted by Gasteiger charge is -2.23. The summed E-state index contributed by atoms with van der Waals surface area (Å²) >= 11 is 0. The molecule has 2 aromatic rings. The molecule has 1 atom stereocenters. The van der Waals surface area contributed by atoms with Crippen LogP contribution in [0.25, 0.3) is 0 Å². The van der Waals surface area contributed by atoms with Crippen molar-refractivity contribution >= 4 is 17.8 Å². The average Bonchev–Trinajstić information content (AvgIpc) is 3.37. The van der Waals surface area contributed by atoms with Gasteiger partial charge in [0, 0.05) is 6.54 Å². The smallest absolute Gasteiger partial charge is 0.344 e. The molecule has 1 fully saturated rings. The number of amides is 4. The molecule has 0 bridgehead atoms. The number of methoxy groups -OCH3 is 1. The largest absolute Gasteiger partial charge is 0.497 e. The maximum absolute atomic E-state index is 13.0. The van der Waals surface area contributed by atoms with E-state index in [1.807, 2.05) is 30.0 Å². The Kier molecular flexibility index (Phi) is 6.10. The van der Waals surface area contributed by atoms with Crippen LogP contribution in [0.4, 0.5) is 4.79 Å². The molecule has 0 aliphatic carbocycles. The standard InChI is InChI=1S/C23H26N4O6/c1-4-26(12-15-5-10-18-19(11-15)33-14-32-18)13-20(28)25-27-21(29)23(2,24-22(27)30)16-6-8-17(31-3)9-7-16/h5-11H,4,12-14H2,1-3H3,(H,24,30)(H,25,28). The zero-order chi connectivity index (χ0) is 23.6. The highest BCUT2D eigenvalue weighted by molar-refractivity contribution is 6.08. The average molecular weight is 454 g/mol. The van der Waals surface area contributed by atoms with Gasteiger partial charge in [0.25, 0.3) is 11.8 Å². The van der Waals surface area contributed by atoms with Gasteiger partial charge in [0.2, 0.25) is 6.79 Å². The molecule has 2 aromatic carbocycles. The van der Waals surface area contributed by atoms with Gasteiger partial charge >= 0.3 is 6.03 Å². The fraction of sp³-hybridized carbons (Fsp3) is 0.348. The fourth-order valence-corrected chi connectivity index (χ4v) is 3.80. The number of nitrogens with one attached hydrogen (secondary N) is 2. The molecule has 2 aliphatic heterocycles. The van der Waals surface area contributed by atoms with Crippen molar-refractivity contribution in [3.8, 4) is 17.2 Å². The minimum absolute atomic E-state index is 0.00124. The van der Waals surface area contributed by atoms with Crippen LogP contribution < -0.4 is 25.0 Å². The van der Waals surface area contributed by atoms with Gasteiger partial charge in [0.05, 0.1) is 13.7 Å². The summed E-state index contributed by atoms with van der Waals surface area (Å²) in [6, 6.07) is 11.7. The Labute approximate surface area is 191 Å². The van der Waals surface area contributed by atoms with Gasteiger partial charge < -0.3 is 19.5 Å². The molecule has 1 unspecified atom stereocenters. The quantitative estimate of drug-likeness (QED) is 0.585. The summed E-state index contributed by atoms with van der Waals surface area (Å²) in [4.78, 5) is 40.1. The fourth-order valence-electron chi connectivity index (χ4n) is 3.80. The summed E-state index contributed by atoms with van der Waals surface area (Å²) in [6.07, 6.45) is 0. The highest BCUT2D eigenvalue weighted by Gasteiger charge is 2.50. The van der Waals surface area contributed by atoms with Crippen LogP contribution in [0.2, 0.25) is 0 Å². The van der Waals surface area contributed by atoms with Crippen LogP contribution in [-0.2, 0) is 21.7 Å². The Morgan fingerprint density at radius 3 is 2.61 bits per heavy atom. The summed E-state index contributed by atoms with van der Waals surface area (Å²) in [6.45, 7) is 4.80. The summed E-state index contributed by atoms with van der Waals surface area (Å²) in [7, 11) is 1.54. The lowest BCUT2D eigenvalue weighted by molar-refractivity contribution is -0.139. The molecular formula is C23H26N4O6. The number of ether oxygens (including phenoxy) is 3. The number of imide groups is 1. The van der Waals surface area contributed by atoms with Crippen LogP contribution >= 0.6 is 0 Å². The molecule has 174 valence electrons. The third kappa shape index (κ3) is 4.42. The summed E-state index contributed by atoms with van der Waals surface area (Å²) in [5.41, 5.74) is 2.68. The van der Waals surface area contributed by atoms with Gasteiger partial charge in [-0.05, 0) is 48.9 Å². The molecule has 0 saturated carbocycles. The van der Waals surface area contributed by atoms with Crippen LogP contribution in [0.1, 0.15) is 25.0 Å². The number of hydrogen-bond acceptors (Lipinski definition) is 7. The number of fused-ring (bicyclic) bond motifs is 1. The second-order valence-electron chi connectivity index (χ2n) is 7.95. The van der Waals surface area contributed by atoms with E-state index in [0.29, 0.717) is 35.9 Å². The van der Waals surface area contributed by atoms with Crippen molar-refractivity contribution in [2.75, 3.05) is 27.0 Å². The number of carbonyl (C=O) groups excluding carboxylic acids is 3. The highest BCUT2D eigenvalue weighted by atomic mass is 16.7. The van der Waals surface area contributed by atoms with E-state index in [9.17, 15) is 14.4 Å². The normalized spacial score (nSPS) is 19.1. The molecule has 1 saturated heterocycles. The van der Waals surface area contributed by atoms with Gasteiger partial charge in [-0.3, -0.25) is 19.9 Å². The molecular weight excluding hydrogens is 428 g/mol. The monoisotopic (exact) mass is 454 g/mol. The van der Waals surface area contributed by atoms with E-state index in [-0.39, 0.29) is 13.3 Å². The number of benzene rings is 2. The van der Waals surface area contributed by atoms with E-state index in [1.54, 1.807) is 38.3 Å². The van der Waals surface area contributed by atoms with E-state index in [1.165, 1.54) is 0 Å². The first-order valence-corrected chi connectivity index (χ1v) is 10.6. The predicted molar refractivity (Wildman–Crippen MR) is 117 cm³/mol. The van der Waals surface area contributed by atoms with Gasteiger partial charge in [0.15, 0.2) is 11.5 Å². The van der Waals surface area contributed by atoms with Gasteiger partial charge in [-0.15, -0.1) is 0 Å². The van der Waals surface area contributed by atoms with Crippen LogP contribution in [0.5, 0.6) is 17.2 Å². The third-order valence-electron chi connectivity index (χ3n) is 5.75. The molecule has 10 heteroatoms. The van der Waals surface area contributed by atoms with Crippen LogP contribution in [0, 0.1) is 0 Å². The Morgan fingerprint density at radius 2 is 1.91 bits per heavy atom. The van der Waals surface area contributed by atoms with Gasteiger partial charge in [-0.1, -0.05) is 25.1 Å². The van der Waals surface area contributed by atoms with E-state index in [0.717, 1.165) is 10.6 Å². The van der Waals surface area contributed by atoms with Crippen molar-refractivity contribution < 1.29 is 28.6 Å².